The Balaban J connectivity index is 0.00000208. The highest BCUT2D eigenvalue weighted by atomic mass is 35.5. The first-order valence-electron chi connectivity index (χ1n) is 8.99. The summed E-state index contributed by atoms with van der Waals surface area (Å²) in [4.78, 5) is 15.1. The van der Waals surface area contributed by atoms with Crippen LogP contribution in [0, 0.1) is 0 Å². The number of rotatable bonds is 5. The minimum atomic E-state index is -0.0661. The Hall–Kier alpha value is -0.710. The van der Waals surface area contributed by atoms with Crippen molar-refractivity contribution in [2.24, 2.45) is 0 Å². The van der Waals surface area contributed by atoms with Crippen LogP contribution in [0.4, 0.5) is 0 Å². The molecule has 134 valence electrons. The van der Waals surface area contributed by atoms with Crippen molar-refractivity contribution in [3.8, 4) is 0 Å². The maximum Gasteiger partial charge on any atom is 0.240 e. The summed E-state index contributed by atoms with van der Waals surface area (Å²) in [5, 5.41) is 3.70. The molecule has 3 rings (SSSR count). The van der Waals surface area contributed by atoms with E-state index in [4.69, 9.17) is 0 Å². The number of thioether (sulfide) groups is 1. The summed E-state index contributed by atoms with van der Waals surface area (Å²) < 4.78 is 0. The van der Waals surface area contributed by atoms with Gasteiger partial charge in [0.05, 0.1) is 6.04 Å². The van der Waals surface area contributed by atoms with Gasteiger partial charge in [-0.05, 0) is 24.8 Å². The molecule has 24 heavy (non-hydrogen) atoms. The Morgan fingerprint density at radius 3 is 2.46 bits per heavy atom. The fraction of sp³-hybridized carbons (Fsp3) is 0.632. The zero-order valence-electron chi connectivity index (χ0n) is 14.3. The summed E-state index contributed by atoms with van der Waals surface area (Å²) >= 11 is 1.95. The maximum absolute atomic E-state index is 13.0. The second kappa shape index (κ2) is 10.3. The molecule has 1 aromatic carbocycles. The summed E-state index contributed by atoms with van der Waals surface area (Å²) in [5.41, 5.74) is 1.25. The lowest BCUT2D eigenvalue weighted by atomic mass is 9.93. The van der Waals surface area contributed by atoms with Gasteiger partial charge in [0.25, 0.3) is 0 Å². The van der Waals surface area contributed by atoms with Crippen molar-refractivity contribution in [3.63, 3.8) is 0 Å². The molecule has 1 aliphatic heterocycles. The highest BCUT2D eigenvalue weighted by molar-refractivity contribution is 7.99. The van der Waals surface area contributed by atoms with Gasteiger partial charge in [-0.15, -0.1) is 12.4 Å². The van der Waals surface area contributed by atoms with Gasteiger partial charge >= 0.3 is 0 Å². The molecule has 1 saturated carbocycles. The molecule has 1 atom stereocenters. The second-order valence-corrected chi connectivity index (χ2v) is 7.91. The SMILES string of the molecule is Cl.O=C(C(Cc1ccccc1)NC1CCCCC1)N1CCSCC1. The van der Waals surface area contributed by atoms with E-state index in [9.17, 15) is 4.79 Å². The zero-order valence-corrected chi connectivity index (χ0v) is 15.9. The number of carbonyl (C=O) groups excluding carboxylic acids is 1. The van der Waals surface area contributed by atoms with Gasteiger partial charge in [-0.1, -0.05) is 49.6 Å². The third-order valence-electron chi connectivity index (χ3n) is 4.95. The van der Waals surface area contributed by atoms with Crippen molar-refractivity contribution in [2.45, 2.75) is 50.6 Å². The number of amides is 1. The van der Waals surface area contributed by atoms with Gasteiger partial charge in [-0.3, -0.25) is 4.79 Å². The lowest BCUT2D eigenvalue weighted by Crippen LogP contribution is -2.53. The number of hydrogen-bond donors (Lipinski definition) is 1. The standard InChI is InChI=1S/C19H28N2OS.ClH/c22-19(21-11-13-23-14-12-21)18(15-16-7-3-1-4-8-16)20-17-9-5-2-6-10-17;/h1,3-4,7-8,17-18,20H,2,5-6,9-15H2;1H. The summed E-state index contributed by atoms with van der Waals surface area (Å²) in [5.74, 6) is 2.46. The molecule has 0 bridgehead atoms. The molecular weight excluding hydrogens is 340 g/mol. The van der Waals surface area contributed by atoms with Gasteiger partial charge in [-0.25, -0.2) is 0 Å². The van der Waals surface area contributed by atoms with Crippen LogP contribution in [-0.2, 0) is 11.2 Å². The Morgan fingerprint density at radius 1 is 1.12 bits per heavy atom. The Bertz CT molecular complexity index is 487. The summed E-state index contributed by atoms with van der Waals surface area (Å²) in [6.07, 6.45) is 7.18. The fourth-order valence-corrected chi connectivity index (χ4v) is 4.53. The molecule has 1 unspecified atom stereocenters. The Kier molecular flexibility index (Phi) is 8.43. The molecule has 2 fully saturated rings. The van der Waals surface area contributed by atoms with Crippen molar-refractivity contribution in [1.29, 1.82) is 0 Å². The smallest absolute Gasteiger partial charge is 0.240 e. The van der Waals surface area contributed by atoms with E-state index in [1.807, 2.05) is 17.8 Å². The minimum Gasteiger partial charge on any atom is -0.340 e. The minimum absolute atomic E-state index is 0. The summed E-state index contributed by atoms with van der Waals surface area (Å²) in [6.45, 7) is 1.81. The van der Waals surface area contributed by atoms with Gasteiger partial charge in [0.2, 0.25) is 5.91 Å². The van der Waals surface area contributed by atoms with E-state index >= 15 is 0 Å². The number of halogens is 1. The largest absolute Gasteiger partial charge is 0.340 e. The normalized spacial score (nSPS) is 20.2. The van der Waals surface area contributed by atoms with Gasteiger partial charge in [0.1, 0.15) is 0 Å². The van der Waals surface area contributed by atoms with Gasteiger partial charge in [-0.2, -0.15) is 11.8 Å². The van der Waals surface area contributed by atoms with Gasteiger partial charge in [0, 0.05) is 30.6 Å². The molecule has 0 aromatic heterocycles. The lowest BCUT2D eigenvalue weighted by Gasteiger charge is -2.33. The number of nitrogens with zero attached hydrogens (tertiary/aromatic N) is 1. The van der Waals surface area contributed by atoms with Crippen LogP contribution in [0.15, 0.2) is 30.3 Å². The van der Waals surface area contributed by atoms with Crippen LogP contribution in [0.2, 0.25) is 0 Å². The molecule has 1 saturated heterocycles. The average molecular weight is 369 g/mol. The van der Waals surface area contributed by atoms with E-state index in [-0.39, 0.29) is 18.4 Å². The molecule has 2 aliphatic rings. The molecular formula is C19H29ClN2OS. The maximum atomic E-state index is 13.0. The van der Waals surface area contributed by atoms with Crippen molar-refractivity contribution >= 4 is 30.1 Å². The number of benzene rings is 1. The molecule has 0 radical (unpaired) electrons. The quantitative estimate of drug-likeness (QED) is 0.863. The first-order chi connectivity index (χ1) is 11.3. The molecule has 0 spiro atoms. The third kappa shape index (κ3) is 5.68. The summed E-state index contributed by atoms with van der Waals surface area (Å²) in [6, 6.07) is 10.9. The predicted octanol–water partition coefficient (Wildman–Crippen LogP) is 3.52. The first-order valence-corrected chi connectivity index (χ1v) is 10.1. The summed E-state index contributed by atoms with van der Waals surface area (Å²) in [7, 11) is 0. The number of nitrogens with one attached hydrogen (secondary N) is 1. The van der Waals surface area contributed by atoms with Crippen molar-refractivity contribution < 1.29 is 4.79 Å². The van der Waals surface area contributed by atoms with Crippen molar-refractivity contribution in [1.82, 2.24) is 10.2 Å². The lowest BCUT2D eigenvalue weighted by molar-refractivity contribution is -0.133. The van der Waals surface area contributed by atoms with Crippen molar-refractivity contribution in [3.05, 3.63) is 35.9 Å². The highest BCUT2D eigenvalue weighted by Gasteiger charge is 2.28. The van der Waals surface area contributed by atoms with E-state index < -0.39 is 0 Å². The first kappa shape index (κ1) is 19.6. The van der Waals surface area contributed by atoms with Crippen LogP contribution in [0.5, 0.6) is 0 Å². The molecule has 1 N–H and O–H groups in total. The van der Waals surface area contributed by atoms with Gasteiger partial charge in [0.15, 0.2) is 0 Å². The molecule has 1 aromatic rings. The Morgan fingerprint density at radius 2 is 1.79 bits per heavy atom. The third-order valence-corrected chi connectivity index (χ3v) is 5.89. The molecule has 1 amide bonds. The zero-order chi connectivity index (χ0) is 15.9. The topological polar surface area (TPSA) is 32.3 Å². The number of carbonyl (C=O) groups is 1. The van der Waals surface area contributed by atoms with Crippen LogP contribution < -0.4 is 5.32 Å². The fourth-order valence-electron chi connectivity index (χ4n) is 3.63. The van der Waals surface area contributed by atoms with E-state index in [0.29, 0.717) is 11.9 Å². The molecule has 5 heteroatoms. The van der Waals surface area contributed by atoms with Crippen LogP contribution >= 0.6 is 24.2 Å². The molecule has 1 heterocycles. The average Bonchev–Trinajstić information content (AvgIpc) is 2.63. The Labute approximate surface area is 156 Å². The van der Waals surface area contributed by atoms with E-state index in [1.165, 1.54) is 37.7 Å². The van der Waals surface area contributed by atoms with Crippen LogP contribution in [0.1, 0.15) is 37.7 Å². The van der Waals surface area contributed by atoms with Crippen LogP contribution in [0.25, 0.3) is 0 Å². The monoisotopic (exact) mass is 368 g/mol. The van der Waals surface area contributed by atoms with Crippen LogP contribution in [0.3, 0.4) is 0 Å². The van der Waals surface area contributed by atoms with E-state index in [1.54, 1.807) is 0 Å². The van der Waals surface area contributed by atoms with E-state index in [2.05, 4.69) is 34.5 Å². The molecule has 1 aliphatic carbocycles. The highest BCUT2D eigenvalue weighted by Crippen LogP contribution is 2.19. The van der Waals surface area contributed by atoms with Gasteiger partial charge < -0.3 is 10.2 Å². The van der Waals surface area contributed by atoms with E-state index in [0.717, 1.165) is 31.0 Å². The molecule has 3 nitrogen and oxygen atoms in total. The van der Waals surface area contributed by atoms with Crippen molar-refractivity contribution in [2.75, 3.05) is 24.6 Å². The van der Waals surface area contributed by atoms with Crippen LogP contribution in [-0.4, -0.2) is 47.5 Å². The number of hydrogen-bond acceptors (Lipinski definition) is 3. The second-order valence-electron chi connectivity index (χ2n) is 6.68. The predicted molar refractivity (Wildman–Crippen MR) is 105 cm³/mol.